The lowest BCUT2D eigenvalue weighted by Gasteiger charge is -2.22. The highest BCUT2D eigenvalue weighted by Crippen LogP contribution is 2.31. The van der Waals surface area contributed by atoms with E-state index in [9.17, 15) is 14.4 Å². The molecule has 1 atom stereocenters. The number of nitrogens with one attached hydrogen (secondary N) is 1. The average Bonchev–Trinajstić information content (AvgIpc) is 2.58. The summed E-state index contributed by atoms with van der Waals surface area (Å²) in [6.07, 6.45) is 0.495. The van der Waals surface area contributed by atoms with Crippen LogP contribution < -0.4 is 10.1 Å². The molecular formula is C18H23Cl2NO6. The smallest absolute Gasteiger partial charge is 0.408 e. The van der Waals surface area contributed by atoms with Gasteiger partial charge in [-0.1, -0.05) is 23.2 Å². The fourth-order valence-electron chi connectivity index (χ4n) is 2.09. The first-order valence-electron chi connectivity index (χ1n) is 8.22. The minimum atomic E-state index is -0.882. The summed E-state index contributed by atoms with van der Waals surface area (Å²) in [4.78, 5) is 34.9. The standard InChI is InChI=1S/C18H23Cl2NO6/c1-18(2,3)27-17(24)21-13(16(23)25-4)6-5-9-26-14-8-7-12(19)15(20)11(14)10-22/h7-8,10,13H,5-6,9H2,1-4H3,(H,21,24)/t13-/m1/s1. The number of hydrogen-bond acceptors (Lipinski definition) is 6. The first kappa shape index (κ1) is 23.0. The third-order valence-electron chi connectivity index (χ3n) is 3.28. The van der Waals surface area contributed by atoms with Crippen molar-refractivity contribution < 1.29 is 28.6 Å². The number of ether oxygens (including phenoxy) is 3. The molecule has 7 nitrogen and oxygen atoms in total. The van der Waals surface area contributed by atoms with Crippen LogP contribution in [0.4, 0.5) is 4.79 Å². The predicted molar refractivity (Wildman–Crippen MR) is 102 cm³/mol. The summed E-state index contributed by atoms with van der Waals surface area (Å²) in [6, 6.07) is 2.18. The Morgan fingerprint density at radius 1 is 1.26 bits per heavy atom. The Morgan fingerprint density at radius 2 is 1.93 bits per heavy atom. The van der Waals surface area contributed by atoms with Gasteiger partial charge in [-0.15, -0.1) is 0 Å². The van der Waals surface area contributed by atoms with Crippen molar-refractivity contribution in [1.29, 1.82) is 0 Å². The molecule has 0 unspecified atom stereocenters. The second-order valence-corrected chi connectivity index (χ2v) is 7.39. The molecule has 0 fully saturated rings. The highest BCUT2D eigenvalue weighted by atomic mass is 35.5. The molecule has 0 radical (unpaired) electrons. The van der Waals surface area contributed by atoms with Crippen LogP contribution >= 0.6 is 23.2 Å². The van der Waals surface area contributed by atoms with Crippen LogP contribution in [0.15, 0.2) is 12.1 Å². The van der Waals surface area contributed by atoms with Crippen molar-refractivity contribution in [2.24, 2.45) is 0 Å². The third-order valence-corrected chi connectivity index (χ3v) is 4.10. The second kappa shape index (κ2) is 10.4. The van der Waals surface area contributed by atoms with Gasteiger partial charge in [-0.05, 0) is 45.7 Å². The molecule has 0 spiro atoms. The van der Waals surface area contributed by atoms with Crippen molar-refractivity contribution in [3.05, 3.63) is 27.7 Å². The zero-order valence-corrected chi connectivity index (χ0v) is 17.1. The van der Waals surface area contributed by atoms with Gasteiger partial charge in [-0.25, -0.2) is 9.59 Å². The Kier molecular flexibility index (Phi) is 8.85. The third kappa shape index (κ3) is 7.64. The zero-order chi connectivity index (χ0) is 20.6. The maximum absolute atomic E-state index is 11.9. The fourth-order valence-corrected chi connectivity index (χ4v) is 2.46. The van der Waals surface area contributed by atoms with E-state index in [1.54, 1.807) is 20.8 Å². The van der Waals surface area contributed by atoms with E-state index >= 15 is 0 Å². The Bertz CT molecular complexity index is 687. The average molecular weight is 420 g/mol. The molecule has 0 heterocycles. The van der Waals surface area contributed by atoms with Crippen LogP contribution in [0.5, 0.6) is 5.75 Å². The molecule has 1 aromatic carbocycles. The van der Waals surface area contributed by atoms with E-state index < -0.39 is 23.7 Å². The van der Waals surface area contributed by atoms with Gasteiger partial charge in [0.15, 0.2) is 6.29 Å². The van der Waals surface area contributed by atoms with Crippen LogP contribution in [0.25, 0.3) is 0 Å². The number of methoxy groups -OCH3 is 1. The summed E-state index contributed by atoms with van der Waals surface area (Å²) in [5, 5.41) is 2.84. The molecule has 1 amide bonds. The number of amides is 1. The first-order valence-corrected chi connectivity index (χ1v) is 8.98. The van der Waals surface area contributed by atoms with Crippen LogP contribution in [0.2, 0.25) is 10.0 Å². The van der Waals surface area contributed by atoms with E-state index in [1.807, 2.05) is 0 Å². The van der Waals surface area contributed by atoms with E-state index in [1.165, 1.54) is 19.2 Å². The molecule has 1 N–H and O–H groups in total. The van der Waals surface area contributed by atoms with E-state index in [0.29, 0.717) is 12.7 Å². The fraction of sp³-hybridized carbons (Fsp3) is 0.500. The molecule has 27 heavy (non-hydrogen) atoms. The summed E-state index contributed by atoms with van der Waals surface area (Å²) in [7, 11) is 1.23. The Hall–Kier alpha value is -1.99. The summed E-state index contributed by atoms with van der Waals surface area (Å²) in [5.74, 6) is -0.307. The molecule has 0 aliphatic carbocycles. The SMILES string of the molecule is COC(=O)[C@@H](CCCOc1ccc(Cl)c(Cl)c1C=O)NC(=O)OC(C)(C)C. The molecule has 0 saturated carbocycles. The molecule has 150 valence electrons. The molecule has 1 rings (SSSR count). The summed E-state index contributed by atoms with van der Waals surface area (Å²) in [6.45, 7) is 5.34. The summed E-state index contributed by atoms with van der Waals surface area (Å²) < 4.78 is 15.4. The Morgan fingerprint density at radius 3 is 2.48 bits per heavy atom. The van der Waals surface area contributed by atoms with Gasteiger partial charge in [0.05, 0.1) is 29.3 Å². The van der Waals surface area contributed by atoms with Crippen LogP contribution in [-0.2, 0) is 14.3 Å². The minimum Gasteiger partial charge on any atom is -0.493 e. The number of alkyl carbamates (subject to hydrolysis) is 1. The van der Waals surface area contributed by atoms with Gasteiger partial charge in [0.1, 0.15) is 17.4 Å². The Labute approximate surface area is 168 Å². The highest BCUT2D eigenvalue weighted by Gasteiger charge is 2.24. The van der Waals surface area contributed by atoms with E-state index in [4.69, 9.17) is 37.4 Å². The largest absolute Gasteiger partial charge is 0.493 e. The van der Waals surface area contributed by atoms with Crippen molar-refractivity contribution in [2.45, 2.75) is 45.3 Å². The molecule has 0 aromatic heterocycles. The second-order valence-electron chi connectivity index (χ2n) is 6.60. The van der Waals surface area contributed by atoms with E-state index in [0.717, 1.165) is 0 Å². The summed E-state index contributed by atoms with van der Waals surface area (Å²) >= 11 is 11.8. The quantitative estimate of drug-likeness (QED) is 0.388. The molecule has 0 bridgehead atoms. The van der Waals surface area contributed by atoms with Gasteiger partial charge in [0.25, 0.3) is 0 Å². The van der Waals surface area contributed by atoms with Gasteiger partial charge in [-0.2, -0.15) is 0 Å². The van der Waals surface area contributed by atoms with Gasteiger partial charge in [0, 0.05) is 0 Å². The number of hydrogen-bond donors (Lipinski definition) is 1. The number of benzene rings is 1. The van der Waals surface area contributed by atoms with Crippen molar-refractivity contribution in [3.63, 3.8) is 0 Å². The van der Waals surface area contributed by atoms with Crippen molar-refractivity contribution in [2.75, 3.05) is 13.7 Å². The molecule has 9 heteroatoms. The molecule has 0 aliphatic heterocycles. The van der Waals surface area contributed by atoms with Crippen LogP contribution in [-0.4, -0.2) is 43.7 Å². The number of esters is 1. The van der Waals surface area contributed by atoms with Crippen LogP contribution in [0.3, 0.4) is 0 Å². The lowest BCUT2D eigenvalue weighted by Crippen LogP contribution is -2.44. The maximum atomic E-state index is 11.9. The van der Waals surface area contributed by atoms with E-state index in [2.05, 4.69) is 5.32 Å². The Balaban J connectivity index is 2.62. The molecular weight excluding hydrogens is 397 g/mol. The van der Waals surface area contributed by atoms with Gasteiger partial charge in [0.2, 0.25) is 0 Å². The van der Waals surface area contributed by atoms with E-state index in [-0.39, 0.29) is 34.4 Å². The van der Waals surface area contributed by atoms with Gasteiger partial charge >= 0.3 is 12.1 Å². The first-order chi connectivity index (χ1) is 12.6. The number of rotatable bonds is 8. The molecule has 1 aromatic rings. The van der Waals surface area contributed by atoms with Crippen LogP contribution in [0.1, 0.15) is 44.0 Å². The van der Waals surface area contributed by atoms with Crippen molar-refractivity contribution in [1.82, 2.24) is 5.32 Å². The number of halogens is 2. The van der Waals surface area contributed by atoms with Crippen molar-refractivity contribution in [3.8, 4) is 5.75 Å². The minimum absolute atomic E-state index is 0.114. The maximum Gasteiger partial charge on any atom is 0.408 e. The van der Waals surface area contributed by atoms with Gasteiger partial charge < -0.3 is 19.5 Å². The molecule has 0 saturated heterocycles. The predicted octanol–water partition coefficient (Wildman–Crippen LogP) is 4.03. The topological polar surface area (TPSA) is 90.9 Å². The van der Waals surface area contributed by atoms with Crippen LogP contribution in [0, 0.1) is 0 Å². The van der Waals surface area contributed by atoms with Crippen molar-refractivity contribution >= 4 is 41.6 Å². The summed E-state index contributed by atoms with van der Waals surface area (Å²) in [5.41, 5.74) is -0.534. The molecule has 0 aliphatic rings. The highest BCUT2D eigenvalue weighted by molar-refractivity contribution is 6.43. The number of aldehydes is 1. The lowest BCUT2D eigenvalue weighted by atomic mass is 10.1. The number of carbonyl (C=O) groups is 3. The monoisotopic (exact) mass is 419 g/mol. The van der Waals surface area contributed by atoms with Gasteiger partial charge in [-0.3, -0.25) is 4.79 Å². The zero-order valence-electron chi connectivity index (χ0n) is 15.6. The normalized spacial score (nSPS) is 12.1. The lowest BCUT2D eigenvalue weighted by molar-refractivity contribution is -0.143. The number of carbonyl (C=O) groups excluding carboxylic acids is 3.